The third kappa shape index (κ3) is 2.73. The van der Waals surface area contributed by atoms with Crippen LogP contribution in [0.4, 0.5) is 5.69 Å². The van der Waals surface area contributed by atoms with Crippen molar-refractivity contribution >= 4 is 16.7 Å². The number of imidazole rings is 1. The highest BCUT2D eigenvalue weighted by atomic mass is 16.3. The van der Waals surface area contributed by atoms with Crippen molar-refractivity contribution in [1.82, 2.24) is 9.97 Å². The lowest BCUT2D eigenvalue weighted by atomic mass is 10.2. The number of benzene rings is 1. The number of rotatable bonds is 4. The molecule has 0 amide bonds. The molecule has 1 aliphatic rings. The zero-order valence-corrected chi connectivity index (χ0v) is 11.4. The molecule has 0 bridgehead atoms. The van der Waals surface area contributed by atoms with Gasteiger partial charge in [0.2, 0.25) is 0 Å². The number of H-pyrrole nitrogens is 1. The molecule has 1 aliphatic heterocycles. The van der Waals surface area contributed by atoms with E-state index in [1.54, 1.807) is 0 Å². The molecule has 1 unspecified atom stereocenters. The Balaban J connectivity index is 1.82. The van der Waals surface area contributed by atoms with Crippen molar-refractivity contribution in [2.75, 3.05) is 18.0 Å². The fourth-order valence-corrected chi connectivity index (χ4v) is 2.69. The summed E-state index contributed by atoms with van der Waals surface area (Å²) in [5.41, 5.74) is 3.41. The molecule has 4 heteroatoms. The van der Waals surface area contributed by atoms with Gasteiger partial charge in [-0.15, -0.1) is 0 Å². The lowest BCUT2D eigenvalue weighted by Gasteiger charge is -2.17. The van der Waals surface area contributed by atoms with Crippen molar-refractivity contribution < 1.29 is 5.11 Å². The first-order valence-corrected chi connectivity index (χ1v) is 7.14. The Labute approximate surface area is 113 Å². The summed E-state index contributed by atoms with van der Waals surface area (Å²) in [4.78, 5) is 10.4. The van der Waals surface area contributed by atoms with E-state index in [4.69, 9.17) is 0 Å². The number of nitrogens with one attached hydrogen (secondary N) is 1. The molecule has 0 aliphatic carbocycles. The monoisotopic (exact) mass is 259 g/mol. The zero-order valence-electron chi connectivity index (χ0n) is 11.4. The van der Waals surface area contributed by atoms with Gasteiger partial charge in [0.05, 0.1) is 17.1 Å². The first kappa shape index (κ1) is 12.5. The maximum absolute atomic E-state index is 9.33. The van der Waals surface area contributed by atoms with E-state index >= 15 is 0 Å². The van der Waals surface area contributed by atoms with Crippen molar-refractivity contribution in [3.63, 3.8) is 0 Å². The van der Waals surface area contributed by atoms with Crippen molar-refractivity contribution in [3.05, 3.63) is 24.0 Å². The van der Waals surface area contributed by atoms with Crippen LogP contribution in [0.15, 0.2) is 18.2 Å². The molecule has 1 aromatic carbocycles. The highest BCUT2D eigenvalue weighted by Gasteiger charge is 2.13. The molecule has 2 heterocycles. The Morgan fingerprint density at radius 3 is 2.89 bits per heavy atom. The summed E-state index contributed by atoms with van der Waals surface area (Å²) < 4.78 is 0. The minimum Gasteiger partial charge on any atom is -0.393 e. The summed E-state index contributed by atoms with van der Waals surface area (Å²) in [6.07, 6.45) is 3.86. The average Bonchev–Trinajstić information content (AvgIpc) is 3.04. The second kappa shape index (κ2) is 5.21. The van der Waals surface area contributed by atoms with Crippen LogP contribution in [0.25, 0.3) is 11.0 Å². The summed E-state index contributed by atoms with van der Waals surface area (Å²) in [6.45, 7) is 4.14. The van der Waals surface area contributed by atoms with E-state index in [0.717, 1.165) is 42.8 Å². The normalized spacial score (nSPS) is 17.3. The molecule has 1 fully saturated rings. The topological polar surface area (TPSA) is 52.2 Å². The minimum absolute atomic E-state index is 0.270. The molecule has 19 heavy (non-hydrogen) atoms. The lowest BCUT2D eigenvalue weighted by molar-refractivity contribution is 0.184. The Morgan fingerprint density at radius 2 is 2.16 bits per heavy atom. The molecule has 2 aromatic rings. The first-order valence-electron chi connectivity index (χ1n) is 7.14. The number of aliphatic hydroxyl groups is 1. The average molecular weight is 259 g/mol. The first-order chi connectivity index (χ1) is 9.22. The van der Waals surface area contributed by atoms with Gasteiger partial charge >= 0.3 is 0 Å². The van der Waals surface area contributed by atoms with Crippen LogP contribution in [0, 0.1) is 0 Å². The molecule has 0 radical (unpaired) electrons. The van der Waals surface area contributed by atoms with E-state index < -0.39 is 0 Å². The Bertz CT molecular complexity index is 556. The summed E-state index contributed by atoms with van der Waals surface area (Å²) in [6, 6.07) is 6.44. The summed E-state index contributed by atoms with van der Waals surface area (Å²) in [5.74, 6) is 0.967. The second-order valence-electron chi connectivity index (χ2n) is 5.47. The SMILES string of the molecule is CC(O)CCc1nc2ccc(N3CCCC3)cc2[nH]1. The maximum atomic E-state index is 9.33. The molecule has 102 valence electrons. The summed E-state index contributed by atoms with van der Waals surface area (Å²) in [7, 11) is 0. The number of hydrogen-bond acceptors (Lipinski definition) is 3. The van der Waals surface area contributed by atoms with Crippen molar-refractivity contribution in [2.45, 2.75) is 38.7 Å². The molecule has 1 aromatic heterocycles. The molecular formula is C15H21N3O. The van der Waals surface area contributed by atoms with Gasteiger partial charge in [-0.05, 0) is 44.4 Å². The van der Waals surface area contributed by atoms with Gasteiger partial charge in [-0.1, -0.05) is 0 Å². The van der Waals surface area contributed by atoms with Gasteiger partial charge in [0.1, 0.15) is 5.82 Å². The largest absolute Gasteiger partial charge is 0.393 e. The highest BCUT2D eigenvalue weighted by molar-refractivity contribution is 5.79. The molecule has 2 N–H and O–H groups in total. The van der Waals surface area contributed by atoms with Gasteiger partial charge < -0.3 is 15.0 Å². The fourth-order valence-electron chi connectivity index (χ4n) is 2.69. The quantitative estimate of drug-likeness (QED) is 0.887. The second-order valence-corrected chi connectivity index (χ2v) is 5.47. The van der Waals surface area contributed by atoms with Crippen LogP contribution in [0.2, 0.25) is 0 Å². The van der Waals surface area contributed by atoms with Crippen molar-refractivity contribution in [1.29, 1.82) is 0 Å². The smallest absolute Gasteiger partial charge is 0.107 e. The zero-order chi connectivity index (χ0) is 13.2. The van der Waals surface area contributed by atoms with E-state index in [1.165, 1.54) is 18.5 Å². The van der Waals surface area contributed by atoms with Crippen LogP contribution in [-0.2, 0) is 6.42 Å². The minimum atomic E-state index is -0.270. The number of aryl methyl sites for hydroxylation is 1. The van der Waals surface area contributed by atoms with Crippen LogP contribution in [0.5, 0.6) is 0 Å². The van der Waals surface area contributed by atoms with Crippen LogP contribution in [-0.4, -0.2) is 34.3 Å². The van der Waals surface area contributed by atoms with E-state index in [-0.39, 0.29) is 6.10 Å². The third-order valence-electron chi connectivity index (χ3n) is 3.78. The van der Waals surface area contributed by atoms with Crippen molar-refractivity contribution in [3.8, 4) is 0 Å². The third-order valence-corrected chi connectivity index (χ3v) is 3.78. The summed E-state index contributed by atoms with van der Waals surface area (Å²) in [5, 5.41) is 9.33. The molecule has 0 spiro atoms. The van der Waals surface area contributed by atoms with Crippen molar-refractivity contribution in [2.24, 2.45) is 0 Å². The van der Waals surface area contributed by atoms with Gasteiger partial charge in [-0.2, -0.15) is 0 Å². The lowest BCUT2D eigenvalue weighted by Crippen LogP contribution is -2.17. The molecule has 0 saturated carbocycles. The molecule has 4 nitrogen and oxygen atoms in total. The van der Waals surface area contributed by atoms with Gasteiger partial charge in [0.15, 0.2) is 0 Å². The van der Waals surface area contributed by atoms with Crippen LogP contribution in [0.1, 0.15) is 32.0 Å². The molecule has 3 rings (SSSR count). The van der Waals surface area contributed by atoms with Gasteiger partial charge in [-0.25, -0.2) is 4.98 Å². The van der Waals surface area contributed by atoms with E-state index in [2.05, 4.69) is 33.1 Å². The van der Waals surface area contributed by atoms with E-state index in [9.17, 15) is 5.11 Å². The number of aliphatic hydroxyl groups excluding tert-OH is 1. The number of aromatic nitrogens is 2. The van der Waals surface area contributed by atoms with Gasteiger partial charge in [0.25, 0.3) is 0 Å². The predicted octanol–water partition coefficient (Wildman–Crippen LogP) is 2.48. The van der Waals surface area contributed by atoms with Crippen LogP contribution >= 0.6 is 0 Å². The fraction of sp³-hybridized carbons (Fsp3) is 0.533. The summed E-state index contributed by atoms with van der Waals surface area (Å²) >= 11 is 0. The highest BCUT2D eigenvalue weighted by Crippen LogP contribution is 2.24. The van der Waals surface area contributed by atoms with E-state index in [0.29, 0.717) is 0 Å². The Morgan fingerprint density at radius 1 is 1.37 bits per heavy atom. The molecule has 1 saturated heterocycles. The molecular weight excluding hydrogens is 238 g/mol. The van der Waals surface area contributed by atoms with Crippen LogP contribution < -0.4 is 4.90 Å². The number of hydrogen-bond donors (Lipinski definition) is 2. The Kier molecular flexibility index (Phi) is 3.42. The maximum Gasteiger partial charge on any atom is 0.107 e. The Hall–Kier alpha value is -1.55. The van der Waals surface area contributed by atoms with Crippen LogP contribution in [0.3, 0.4) is 0 Å². The molecule has 1 atom stereocenters. The number of nitrogens with zero attached hydrogens (tertiary/aromatic N) is 2. The number of fused-ring (bicyclic) bond motifs is 1. The van der Waals surface area contributed by atoms with E-state index in [1.807, 2.05) is 6.92 Å². The number of aromatic amines is 1. The van der Waals surface area contributed by atoms with Gasteiger partial charge in [-0.3, -0.25) is 0 Å². The standard InChI is InChI=1S/C15H21N3O/c1-11(19)4-7-15-16-13-6-5-12(10-14(13)17-15)18-8-2-3-9-18/h5-6,10-11,19H,2-4,7-9H2,1H3,(H,16,17). The number of anilines is 1. The predicted molar refractivity (Wildman–Crippen MR) is 77.5 cm³/mol. The van der Waals surface area contributed by atoms with Gasteiger partial charge in [0, 0.05) is 25.2 Å².